The van der Waals surface area contributed by atoms with E-state index in [4.69, 9.17) is 4.74 Å². The lowest BCUT2D eigenvalue weighted by atomic mass is 10.1. The molecule has 0 aliphatic heterocycles. The Morgan fingerprint density at radius 3 is 2.65 bits per heavy atom. The van der Waals surface area contributed by atoms with Gasteiger partial charge in [0.05, 0.1) is 12.8 Å². The highest BCUT2D eigenvalue weighted by Gasteiger charge is 2.12. The van der Waals surface area contributed by atoms with Crippen molar-refractivity contribution in [2.75, 3.05) is 19.0 Å². The number of aromatic hydroxyl groups is 1. The molecule has 0 bridgehead atoms. The van der Waals surface area contributed by atoms with Gasteiger partial charge < -0.3 is 20.5 Å². The number of nitrogens with one attached hydrogen (secondary N) is 2. The minimum atomic E-state index is -0.506. The van der Waals surface area contributed by atoms with Crippen molar-refractivity contribution in [2.45, 2.75) is 13.3 Å². The number of nitriles is 1. The second kappa shape index (κ2) is 9.14. The Balaban J connectivity index is 1.95. The van der Waals surface area contributed by atoms with E-state index in [1.165, 1.54) is 13.3 Å². The van der Waals surface area contributed by atoms with Crippen LogP contribution in [0.15, 0.2) is 54.2 Å². The summed E-state index contributed by atoms with van der Waals surface area (Å²) in [5, 5.41) is 24.1. The SMILES string of the molecule is COc1ccc(C)cc1NC(=O)/C(C#N)=C\NCCc1ccc(O)cc1. The second-order valence-electron chi connectivity index (χ2n) is 5.70. The average molecular weight is 351 g/mol. The number of phenolic OH excluding ortho intramolecular Hbond substituents is 1. The van der Waals surface area contributed by atoms with Crippen LogP contribution in [0.5, 0.6) is 11.5 Å². The maximum atomic E-state index is 12.3. The summed E-state index contributed by atoms with van der Waals surface area (Å²) in [4.78, 5) is 12.3. The molecule has 1 amide bonds. The first-order chi connectivity index (χ1) is 12.5. The van der Waals surface area contributed by atoms with Gasteiger partial charge in [-0.25, -0.2) is 0 Å². The number of aryl methyl sites for hydroxylation is 1. The maximum Gasteiger partial charge on any atom is 0.267 e. The van der Waals surface area contributed by atoms with Crippen molar-refractivity contribution in [3.8, 4) is 17.6 Å². The van der Waals surface area contributed by atoms with E-state index in [1.54, 1.807) is 24.3 Å². The van der Waals surface area contributed by atoms with Crippen LogP contribution in [-0.4, -0.2) is 24.7 Å². The number of rotatable bonds is 7. The standard InChI is InChI=1S/C20H21N3O3/c1-14-3-8-19(26-2)18(11-14)23-20(25)16(12-21)13-22-10-9-15-4-6-17(24)7-5-15/h3-8,11,13,22,24H,9-10H2,1-2H3,(H,23,25)/b16-13-. The molecule has 2 aromatic rings. The molecule has 0 saturated carbocycles. The predicted octanol–water partition coefficient (Wildman–Crippen LogP) is 2.89. The third-order valence-electron chi connectivity index (χ3n) is 3.71. The molecule has 2 aromatic carbocycles. The van der Waals surface area contributed by atoms with Gasteiger partial charge in [0.1, 0.15) is 23.1 Å². The summed E-state index contributed by atoms with van der Waals surface area (Å²) in [6, 6.07) is 14.2. The molecule has 0 saturated heterocycles. The zero-order valence-electron chi connectivity index (χ0n) is 14.7. The average Bonchev–Trinajstić information content (AvgIpc) is 2.63. The van der Waals surface area contributed by atoms with Crippen LogP contribution >= 0.6 is 0 Å². The minimum Gasteiger partial charge on any atom is -0.508 e. The molecular formula is C20H21N3O3. The Hall–Kier alpha value is -3.46. The molecular weight excluding hydrogens is 330 g/mol. The van der Waals surface area contributed by atoms with Gasteiger partial charge in [-0.1, -0.05) is 18.2 Å². The van der Waals surface area contributed by atoms with E-state index < -0.39 is 5.91 Å². The van der Waals surface area contributed by atoms with Crippen LogP contribution in [0.1, 0.15) is 11.1 Å². The quantitative estimate of drug-likeness (QED) is 0.405. The molecule has 0 fully saturated rings. The molecule has 0 aliphatic rings. The van der Waals surface area contributed by atoms with Gasteiger partial charge in [-0.15, -0.1) is 0 Å². The number of methoxy groups -OCH3 is 1. The first-order valence-corrected chi connectivity index (χ1v) is 8.11. The first-order valence-electron chi connectivity index (χ1n) is 8.11. The zero-order valence-corrected chi connectivity index (χ0v) is 14.7. The lowest BCUT2D eigenvalue weighted by Gasteiger charge is -2.10. The van der Waals surface area contributed by atoms with Gasteiger partial charge in [-0.3, -0.25) is 4.79 Å². The summed E-state index contributed by atoms with van der Waals surface area (Å²) in [5.74, 6) is 0.242. The fourth-order valence-electron chi connectivity index (χ4n) is 2.31. The van der Waals surface area contributed by atoms with Gasteiger partial charge in [0, 0.05) is 12.7 Å². The van der Waals surface area contributed by atoms with E-state index in [0.717, 1.165) is 11.1 Å². The predicted molar refractivity (Wildman–Crippen MR) is 99.9 cm³/mol. The Kier molecular flexibility index (Phi) is 6.63. The molecule has 6 heteroatoms. The fraction of sp³-hybridized carbons (Fsp3) is 0.200. The Morgan fingerprint density at radius 1 is 1.27 bits per heavy atom. The summed E-state index contributed by atoms with van der Waals surface area (Å²) >= 11 is 0. The minimum absolute atomic E-state index is 0.0285. The number of phenols is 1. The summed E-state index contributed by atoms with van der Waals surface area (Å²) in [7, 11) is 1.52. The van der Waals surface area contributed by atoms with E-state index in [2.05, 4.69) is 10.6 Å². The van der Waals surface area contributed by atoms with Gasteiger partial charge in [0.25, 0.3) is 5.91 Å². The van der Waals surface area contributed by atoms with Crippen LogP contribution in [-0.2, 0) is 11.2 Å². The van der Waals surface area contributed by atoms with Crippen LogP contribution < -0.4 is 15.4 Å². The molecule has 26 heavy (non-hydrogen) atoms. The van der Waals surface area contributed by atoms with Crippen LogP contribution in [0.25, 0.3) is 0 Å². The summed E-state index contributed by atoms with van der Waals surface area (Å²) < 4.78 is 5.22. The highest BCUT2D eigenvalue weighted by molar-refractivity contribution is 6.07. The largest absolute Gasteiger partial charge is 0.508 e. The monoisotopic (exact) mass is 351 g/mol. The molecule has 0 spiro atoms. The molecule has 0 atom stereocenters. The summed E-state index contributed by atoms with van der Waals surface area (Å²) in [6.45, 7) is 2.46. The van der Waals surface area contributed by atoms with Crippen molar-refractivity contribution in [1.29, 1.82) is 5.26 Å². The highest BCUT2D eigenvalue weighted by Crippen LogP contribution is 2.25. The van der Waals surface area contributed by atoms with Gasteiger partial charge in [0.2, 0.25) is 0 Å². The number of carbonyl (C=O) groups excluding carboxylic acids is 1. The number of amides is 1. The Bertz CT molecular complexity index is 836. The number of hydrogen-bond donors (Lipinski definition) is 3. The number of carbonyl (C=O) groups is 1. The lowest BCUT2D eigenvalue weighted by Crippen LogP contribution is -2.18. The molecule has 0 aromatic heterocycles. The van der Waals surface area contributed by atoms with E-state index in [0.29, 0.717) is 24.4 Å². The normalized spacial score (nSPS) is 10.7. The Labute approximate surface area is 152 Å². The molecule has 0 radical (unpaired) electrons. The maximum absolute atomic E-state index is 12.3. The number of nitrogens with zero attached hydrogens (tertiary/aromatic N) is 1. The molecule has 0 unspecified atom stereocenters. The van der Waals surface area contributed by atoms with Crippen LogP contribution in [0.4, 0.5) is 5.69 Å². The number of benzene rings is 2. The molecule has 2 rings (SSSR count). The third kappa shape index (κ3) is 5.28. The van der Waals surface area contributed by atoms with E-state index in [1.807, 2.05) is 31.2 Å². The van der Waals surface area contributed by atoms with Crippen LogP contribution in [0.2, 0.25) is 0 Å². The van der Waals surface area contributed by atoms with E-state index in [9.17, 15) is 15.2 Å². The third-order valence-corrected chi connectivity index (χ3v) is 3.71. The van der Waals surface area contributed by atoms with Crippen LogP contribution in [0.3, 0.4) is 0 Å². The molecule has 6 nitrogen and oxygen atoms in total. The molecule has 0 heterocycles. The van der Waals surface area contributed by atoms with E-state index >= 15 is 0 Å². The Morgan fingerprint density at radius 2 is 2.00 bits per heavy atom. The van der Waals surface area contributed by atoms with Gasteiger partial charge in [-0.2, -0.15) is 5.26 Å². The topological polar surface area (TPSA) is 94.4 Å². The van der Waals surface area contributed by atoms with Crippen molar-refractivity contribution in [3.63, 3.8) is 0 Å². The fourth-order valence-corrected chi connectivity index (χ4v) is 2.31. The molecule has 134 valence electrons. The van der Waals surface area contributed by atoms with Crippen molar-refractivity contribution in [3.05, 3.63) is 65.4 Å². The molecule has 3 N–H and O–H groups in total. The summed E-state index contributed by atoms with van der Waals surface area (Å²) in [5.41, 5.74) is 2.49. The van der Waals surface area contributed by atoms with Crippen molar-refractivity contribution < 1.29 is 14.6 Å². The smallest absolute Gasteiger partial charge is 0.267 e. The van der Waals surface area contributed by atoms with Gasteiger partial charge in [-0.05, 0) is 48.7 Å². The lowest BCUT2D eigenvalue weighted by molar-refractivity contribution is -0.112. The van der Waals surface area contributed by atoms with Crippen molar-refractivity contribution in [1.82, 2.24) is 5.32 Å². The van der Waals surface area contributed by atoms with Crippen molar-refractivity contribution >= 4 is 11.6 Å². The second-order valence-corrected chi connectivity index (χ2v) is 5.70. The number of hydrogen-bond acceptors (Lipinski definition) is 5. The van der Waals surface area contributed by atoms with Crippen molar-refractivity contribution in [2.24, 2.45) is 0 Å². The van der Waals surface area contributed by atoms with Crippen LogP contribution in [0, 0.1) is 18.3 Å². The molecule has 0 aliphatic carbocycles. The number of anilines is 1. The van der Waals surface area contributed by atoms with Gasteiger partial charge >= 0.3 is 0 Å². The number of ether oxygens (including phenoxy) is 1. The van der Waals surface area contributed by atoms with E-state index in [-0.39, 0.29) is 11.3 Å². The zero-order chi connectivity index (χ0) is 18.9. The highest BCUT2D eigenvalue weighted by atomic mass is 16.5. The van der Waals surface area contributed by atoms with Gasteiger partial charge in [0.15, 0.2) is 0 Å². The summed E-state index contributed by atoms with van der Waals surface area (Å²) in [6.07, 6.45) is 2.10. The first kappa shape index (κ1) is 18.9.